The highest BCUT2D eigenvalue weighted by atomic mass is 16.6. The van der Waals surface area contributed by atoms with Crippen LogP contribution < -0.4 is 14.9 Å². The summed E-state index contributed by atoms with van der Waals surface area (Å²) in [7, 11) is 1.56. The van der Waals surface area contributed by atoms with Gasteiger partial charge in [-0.05, 0) is 30.7 Å². The predicted octanol–water partition coefficient (Wildman–Crippen LogP) is 4.89. The molecule has 4 rings (SSSR count). The van der Waals surface area contributed by atoms with Crippen LogP contribution in [0.25, 0.3) is 0 Å². The third-order valence-electron chi connectivity index (χ3n) is 5.39. The summed E-state index contributed by atoms with van der Waals surface area (Å²) in [5, 5.41) is 27.1. The van der Waals surface area contributed by atoms with E-state index in [1.54, 1.807) is 19.2 Å². The Bertz CT molecular complexity index is 1240. The maximum atomic E-state index is 11.5. The second-order valence-corrected chi connectivity index (χ2v) is 7.40. The first-order valence-electron chi connectivity index (χ1n) is 10.1. The minimum Gasteiger partial charge on any atom is -0.497 e. The molecule has 168 valence electrons. The van der Waals surface area contributed by atoms with E-state index in [2.05, 4.69) is 10.5 Å². The van der Waals surface area contributed by atoms with E-state index in [0.29, 0.717) is 22.8 Å². The van der Waals surface area contributed by atoms with Crippen LogP contribution in [0.5, 0.6) is 11.5 Å². The maximum Gasteiger partial charge on any atom is 0.301 e. The summed E-state index contributed by atoms with van der Waals surface area (Å²) in [5.74, 6) is 0.932. The molecule has 3 aromatic carbocycles. The molecule has 0 aromatic heterocycles. The smallest absolute Gasteiger partial charge is 0.301 e. The number of nitrogens with zero attached hydrogens (tertiary/aromatic N) is 3. The van der Waals surface area contributed by atoms with Crippen molar-refractivity contribution in [3.63, 3.8) is 0 Å². The van der Waals surface area contributed by atoms with Crippen LogP contribution in [0, 0.1) is 20.2 Å². The van der Waals surface area contributed by atoms with E-state index in [-0.39, 0.29) is 23.4 Å². The molecular weight excluding hydrogens is 428 g/mol. The quantitative estimate of drug-likeness (QED) is 0.420. The molecule has 0 spiro atoms. The number of nitro groups is 2. The number of hydrogen-bond acceptors (Lipinski definition) is 8. The molecule has 0 saturated carbocycles. The second kappa shape index (κ2) is 8.95. The summed E-state index contributed by atoms with van der Waals surface area (Å²) < 4.78 is 11.5. The lowest BCUT2D eigenvalue weighted by atomic mass is 9.83. The van der Waals surface area contributed by atoms with Crippen LogP contribution in [0.4, 0.5) is 17.1 Å². The van der Waals surface area contributed by atoms with E-state index in [0.717, 1.165) is 11.6 Å². The number of ether oxygens (including phenoxy) is 2. The molecule has 2 unspecified atom stereocenters. The van der Waals surface area contributed by atoms with Gasteiger partial charge in [0.15, 0.2) is 0 Å². The van der Waals surface area contributed by atoms with E-state index in [1.165, 1.54) is 12.1 Å². The first kappa shape index (κ1) is 21.8. The monoisotopic (exact) mass is 448 g/mol. The number of non-ortho nitro benzene ring substituents is 1. The Morgan fingerprint density at radius 3 is 2.42 bits per heavy atom. The van der Waals surface area contributed by atoms with Crippen molar-refractivity contribution in [1.82, 2.24) is 0 Å². The molecule has 2 atom stereocenters. The van der Waals surface area contributed by atoms with E-state index in [9.17, 15) is 20.2 Å². The third-order valence-corrected chi connectivity index (χ3v) is 5.39. The molecule has 1 aliphatic rings. The van der Waals surface area contributed by atoms with Crippen LogP contribution in [0.3, 0.4) is 0 Å². The number of benzene rings is 3. The lowest BCUT2D eigenvalue weighted by Gasteiger charge is -2.33. The normalized spacial score (nSPS) is 18.2. The van der Waals surface area contributed by atoms with E-state index in [4.69, 9.17) is 9.47 Å². The van der Waals surface area contributed by atoms with Gasteiger partial charge in [-0.1, -0.05) is 30.3 Å². The fourth-order valence-electron chi connectivity index (χ4n) is 3.82. The fraction of sp³-hybridized carbons (Fsp3) is 0.174. The van der Waals surface area contributed by atoms with Crippen LogP contribution in [-0.2, 0) is 0 Å². The molecule has 3 aromatic rings. The van der Waals surface area contributed by atoms with Crippen LogP contribution in [0.1, 0.15) is 24.0 Å². The van der Waals surface area contributed by atoms with Crippen molar-refractivity contribution in [2.24, 2.45) is 5.10 Å². The van der Waals surface area contributed by atoms with Crippen molar-refractivity contribution in [1.29, 1.82) is 0 Å². The van der Waals surface area contributed by atoms with Crippen LogP contribution in [-0.4, -0.2) is 28.8 Å². The molecular formula is C23H20N4O6. The zero-order valence-corrected chi connectivity index (χ0v) is 17.8. The highest BCUT2D eigenvalue weighted by Crippen LogP contribution is 2.39. The van der Waals surface area contributed by atoms with Crippen molar-refractivity contribution in [2.75, 3.05) is 12.5 Å². The van der Waals surface area contributed by atoms with Gasteiger partial charge in [0.2, 0.25) is 0 Å². The van der Waals surface area contributed by atoms with Gasteiger partial charge >= 0.3 is 5.69 Å². The Kier molecular flexibility index (Phi) is 5.90. The molecule has 33 heavy (non-hydrogen) atoms. The number of nitrogens with one attached hydrogen (secondary N) is 1. The van der Waals surface area contributed by atoms with Gasteiger partial charge in [-0.2, -0.15) is 5.10 Å². The van der Waals surface area contributed by atoms with E-state index in [1.807, 2.05) is 43.3 Å². The number of hydrazone groups is 1. The molecule has 10 nitrogen and oxygen atoms in total. The lowest BCUT2D eigenvalue weighted by Crippen LogP contribution is -2.34. The molecule has 0 radical (unpaired) electrons. The lowest BCUT2D eigenvalue weighted by molar-refractivity contribution is -0.393. The highest BCUT2D eigenvalue weighted by molar-refractivity contribution is 6.09. The SMILES string of the molecule is COc1ccc2c(c1)OC(C)C(c1ccccc1)C2=NNc1ccc([N+](=O)[O-])cc1[N+](=O)[O-]. The first-order valence-corrected chi connectivity index (χ1v) is 10.1. The average molecular weight is 448 g/mol. The minimum atomic E-state index is -0.685. The van der Waals surface area contributed by atoms with Crippen LogP contribution >= 0.6 is 0 Å². The van der Waals surface area contributed by atoms with E-state index < -0.39 is 15.5 Å². The summed E-state index contributed by atoms with van der Waals surface area (Å²) in [6, 6.07) is 18.4. The molecule has 1 N–H and O–H groups in total. The molecule has 0 saturated heterocycles. The second-order valence-electron chi connectivity index (χ2n) is 7.40. The number of nitro benzene ring substituents is 2. The largest absolute Gasteiger partial charge is 0.497 e. The summed E-state index contributed by atoms with van der Waals surface area (Å²) in [4.78, 5) is 21.2. The van der Waals surface area contributed by atoms with Crippen LogP contribution in [0.2, 0.25) is 0 Å². The first-order chi connectivity index (χ1) is 15.9. The topological polar surface area (TPSA) is 129 Å². The molecule has 10 heteroatoms. The maximum absolute atomic E-state index is 11.5. The third kappa shape index (κ3) is 4.31. The number of anilines is 1. The average Bonchev–Trinajstić information content (AvgIpc) is 2.82. The van der Waals surface area contributed by atoms with Crippen LogP contribution in [0.15, 0.2) is 71.8 Å². The summed E-state index contributed by atoms with van der Waals surface area (Å²) in [6.45, 7) is 1.92. The van der Waals surface area contributed by atoms with Crippen molar-refractivity contribution < 1.29 is 19.3 Å². The van der Waals surface area contributed by atoms with Crippen molar-refractivity contribution in [3.8, 4) is 11.5 Å². The Labute approximate surface area is 188 Å². The number of rotatable bonds is 6. The Balaban J connectivity index is 1.82. The van der Waals surface area contributed by atoms with Gasteiger partial charge in [0, 0.05) is 17.7 Å². The van der Waals surface area contributed by atoms with Gasteiger partial charge < -0.3 is 9.47 Å². The zero-order valence-electron chi connectivity index (χ0n) is 17.8. The fourth-order valence-corrected chi connectivity index (χ4v) is 3.82. The summed E-state index contributed by atoms with van der Waals surface area (Å²) in [5.41, 5.74) is 4.26. The molecule has 0 amide bonds. The highest BCUT2D eigenvalue weighted by Gasteiger charge is 2.35. The summed E-state index contributed by atoms with van der Waals surface area (Å²) in [6.07, 6.45) is -0.292. The molecule has 0 aliphatic carbocycles. The predicted molar refractivity (Wildman–Crippen MR) is 122 cm³/mol. The molecule has 1 aliphatic heterocycles. The van der Waals surface area contributed by atoms with E-state index >= 15 is 0 Å². The zero-order chi connectivity index (χ0) is 23.5. The molecule has 0 fully saturated rings. The standard InChI is InChI=1S/C23H20N4O6/c1-14-22(15-6-4-3-5-7-15)23(18-10-9-17(32-2)13-21(18)33-14)25-24-19-11-8-16(26(28)29)12-20(19)27(30)31/h3-14,22,24H,1-2H3. The molecule has 0 bridgehead atoms. The van der Waals surface area contributed by atoms with Gasteiger partial charge in [-0.15, -0.1) is 0 Å². The Morgan fingerprint density at radius 2 is 1.76 bits per heavy atom. The van der Waals surface area contributed by atoms with Gasteiger partial charge in [-0.3, -0.25) is 25.7 Å². The molecule has 1 heterocycles. The number of methoxy groups -OCH3 is 1. The van der Waals surface area contributed by atoms with Gasteiger partial charge in [0.25, 0.3) is 5.69 Å². The Hall–Kier alpha value is -4.47. The minimum absolute atomic E-state index is 0.0409. The van der Waals surface area contributed by atoms with Crippen molar-refractivity contribution >= 4 is 22.8 Å². The number of hydrogen-bond donors (Lipinski definition) is 1. The van der Waals surface area contributed by atoms with Gasteiger partial charge in [0.1, 0.15) is 23.3 Å². The Morgan fingerprint density at radius 1 is 1.00 bits per heavy atom. The summed E-state index contributed by atoms with van der Waals surface area (Å²) >= 11 is 0. The van der Waals surface area contributed by atoms with Crippen molar-refractivity contribution in [2.45, 2.75) is 18.9 Å². The van der Waals surface area contributed by atoms with Crippen molar-refractivity contribution in [3.05, 3.63) is 98.1 Å². The van der Waals surface area contributed by atoms with Gasteiger partial charge in [-0.25, -0.2) is 0 Å². The van der Waals surface area contributed by atoms with Gasteiger partial charge in [0.05, 0.1) is 34.7 Å². The number of fused-ring (bicyclic) bond motifs is 1.